The normalized spacial score (nSPS) is 13.4. The second-order valence-corrected chi connectivity index (χ2v) is 13.9. The molecular weight excluding hydrogens is 754 g/mol. The lowest BCUT2D eigenvalue weighted by molar-refractivity contribution is -0.149. The standard InChI is InChI=1S/C37H55N5O13S/c1-41(2)33-7-3-31(4-8-33)39-40-32-5-9-34(10-6-32)56(46,47)38-14-16-49-18-20-51-22-24-53-26-28-55-30-29-54-27-25-52-23-21-50-19-17-48-15-13-37(45)42-35(43)11-12-36(42)44/h3-10,38H,11-30H2,1-2H3/b40-39+. The van der Waals surface area contributed by atoms with Crippen molar-refractivity contribution in [3.63, 3.8) is 0 Å². The molecule has 18 nitrogen and oxygen atoms in total. The molecule has 1 aliphatic rings. The van der Waals surface area contributed by atoms with Crippen molar-refractivity contribution in [1.29, 1.82) is 0 Å². The van der Waals surface area contributed by atoms with E-state index in [9.17, 15) is 22.8 Å². The molecule has 1 heterocycles. The first-order valence-electron chi connectivity index (χ1n) is 18.5. The van der Waals surface area contributed by atoms with Crippen LogP contribution in [0.25, 0.3) is 0 Å². The number of benzene rings is 2. The number of hydrogen-bond donors (Lipinski definition) is 1. The monoisotopic (exact) mass is 809 g/mol. The fourth-order valence-corrected chi connectivity index (χ4v) is 5.74. The number of imide groups is 3. The van der Waals surface area contributed by atoms with E-state index in [1.165, 1.54) is 12.1 Å². The Morgan fingerprint density at radius 3 is 1.34 bits per heavy atom. The highest BCUT2D eigenvalue weighted by Gasteiger charge is 2.33. The second-order valence-electron chi connectivity index (χ2n) is 12.2. The highest BCUT2D eigenvalue weighted by Crippen LogP contribution is 2.22. The van der Waals surface area contributed by atoms with Gasteiger partial charge in [0.1, 0.15) is 0 Å². The highest BCUT2D eigenvalue weighted by atomic mass is 32.2. The van der Waals surface area contributed by atoms with Crippen LogP contribution in [0.4, 0.5) is 17.1 Å². The van der Waals surface area contributed by atoms with Gasteiger partial charge in [0.05, 0.1) is 128 Å². The van der Waals surface area contributed by atoms with Crippen molar-refractivity contribution in [3.05, 3.63) is 48.5 Å². The van der Waals surface area contributed by atoms with Crippen LogP contribution in [0.1, 0.15) is 19.3 Å². The van der Waals surface area contributed by atoms with E-state index in [4.69, 9.17) is 37.9 Å². The summed E-state index contributed by atoms with van der Waals surface area (Å²) >= 11 is 0. The zero-order valence-electron chi connectivity index (χ0n) is 32.3. The number of nitrogens with zero attached hydrogens (tertiary/aromatic N) is 4. The summed E-state index contributed by atoms with van der Waals surface area (Å²) in [7, 11) is 0.226. The average Bonchev–Trinajstić information content (AvgIpc) is 3.53. The Morgan fingerprint density at radius 2 is 0.946 bits per heavy atom. The molecule has 1 fully saturated rings. The summed E-state index contributed by atoms with van der Waals surface area (Å²) in [5.41, 5.74) is 2.29. The number of amides is 3. The van der Waals surface area contributed by atoms with E-state index in [0.29, 0.717) is 102 Å². The minimum Gasteiger partial charge on any atom is -0.379 e. The molecule has 0 atom stereocenters. The third kappa shape index (κ3) is 19.4. The van der Waals surface area contributed by atoms with Crippen molar-refractivity contribution < 1.29 is 60.7 Å². The molecule has 1 aliphatic heterocycles. The van der Waals surface area contributed by atoms with Crippen LogP contribution in [0, 0.1) is 0 Å². The number of hydrogen-bond acceptors (Lipinski definition) is 16. The molecular formula is C37H55N5O13S. The van der Waals surface area contributed by atoms with Crippen LogP contribution < -0.4 is 9.62 Å². The van der Waals surface area contributed by atoms with Gasteiger partial charge in [0.25, 0.3) is 0 Å². The zero-order chi connectivity index (χ0) is 40.3. The molecule has 0 aromatic heterocycles. The van der Waals surface area contributed by atoms with Gasteiger partial charge in [0, 0.05) is 39.2 Å². The van der Waals surface area contributed by atoms with Crippen LogP contribution in [0.2, 0.25) is 0 Å². The number of carbonyl (C=O) groups is 3. The van der Waals surface area contributed by atoms with Gasteiger partial charge in [-0.3, -0.25) is 14.4 Å². The van der Waals surface area contributed by atoms with Gasteiger partial charge in [-0.1, -0.05) is 0 Å². The van der Waals surface area contributed by atoms with E-state index in [1.807, 2.05) is 43.3 Å². The SMILES string of the molecule is CN(C)c1ccc(/N=N/c2ccc(S(=O)(=O)NCCOCCOCCOCCOCCOCCOCCOCCOCCC(=O)N3C(=O)CCC3=O)cc2)cc1. The molecule has 19 heteroatoms. The van der Waals surface area contributed by atoms with Crippen LogP contribution >= 0.6 is 0 Å². The summed E-state index contributed by atoms with van der Waals surface area (Å²) in [5.74, 6) is -1.43. The van der Waals surface area contributed by atoms with E-state index < -0.39 is 27.7 Å². The van der Waals surface area contributed by atoms with Crippen molar-refractivity contribution in [3.8, 4) is 0 Å². The molecule has 56 heavy (non-hydrogen) atoms. The molecule has 1 N–H and O–H groups in total. The number of anilines is 1. The Kier molecular flexibility index (Phi) is 23.1. The van der Waals surface area contributed by atoms with Gasteiger partial charge in [0.15, 0.2) is 0 Å². The number of ether oxygens (including phenoxy) is 8. The molecule has 3 amide bonds. The molecule has 1 saturated heterocycles. The van der Waals surface area contributed by atoms with Crippen molar-refractivity contribution in [2.24, 2.45) is 10.2 Å². The fourth-order valence-electron chi connectivity index (χ4n) is 4.72. The minimum absolute atomic E-state index is 0.0302. The first kappa shape index (κ1) is 46.6. The van der Waals surface area contributed by atoms with Crippen molar-refractivity contribution in [2.75, 3.05) is 131 Å². The van der Waals surface area contributed by atoms with E-state index in [1.54, 1.807) is 12.1 Å². The van der Waals surface area contributed by atoms with Gasteiger partial charge < -0.3 is 42.8 Å². The Bertz CT molecular complexity index is 1550. The molecule has 3 rings (SSSR count). The summed E-state index contributed by atoms with van der Waals surface area (Å²) in [6.45, 7) is 5.85. The third-order valence-corrected chi connectivity index (χ3v) is 9.17. The van der Waals surface area contributed by atoms with Gasteiger partial charge in [-0.25, -0.2) is 18.0 Å². The van der Waals surface area contributed by atoms with Crippen LogP contribution in [0.15, 0.2) is 63.7 Å². The van der Waals surface area contributed by atoms with Gasteiger partial charge in [-0.05, 0) is 48.5 Å². The van der Waals surface area contributed by atoms with Crippen LogP contribution in [0.3, 0.4) is 0 Å². The lowest BCUT2D eigenvalue weighted by atomic mass is 10.3. The topological polar surface area (TPSA) is 202 Å². The minimum atomic E-state index is -3.69. The smallest absolute Gasteiger partial charge is 0.240 e. The fraction of sp³-hybridized carbons (Fsp3) is 0.595. The Labute approximate surface area is 328 Å². The lowest BCUT2D eigenvalue weighted by Gasteiger charge is -2.11. The zero-order valence-corrected chi connectivity index (χ0v) is 33.1. The summed E-state index contributed by atoms with van der Waals surface area (Å²) in [4.78, 5) is 37.8. The molecule has 312 valence electrons. The number of rotatable bonds is 32. The number of nitrogens with one attached hydrogen (secondary N) is 1. The molecule has 2 aromatic rings. The van der Waals surface area contributed by atoms with Crippen molar-refractivity contribution in [1.82, 2.24) is 9.62 Å². The third-order valence-electron chi connectivity index (χ3n) is 7.70. The maximum absolute atomic E-state index is 12.6. The Balaban J connectivity index is 1.01. The number of carbonyl (C=O) groups excluding carboxylic acids is 3. The summed E-state index contributed by atoms with van der Waals surface area (Å²) in [6.07, 6.45) is 0.142. The first-order valence-corrected chi connectivity index (χ1v) is 19.9. The van der Waals surface area contributed by atoms with Crippen LogP contribution in [-0.4, -0.2) is 157 Å². The number of likely N-dealkylation sites (tertiary alicyclic amines) is 1. The summed E-state index contributed by atoms with van der Waals surface area (Å²) in [5, 5.41) is 8.37. The molecule has 0 aliphatic carbocycles. The predicted octanol–water partition coefficient (Wildman–Crippen LogP) is 2.64. The van der Waals surface area contributed by atoms with Crippen LogP contribution in [-0.2, 0) is 62.3 Å². The van der Waals surface area contributed by atoms with E-state index in [2.05, 4.69) is 15.0 Å². The molecule has 0 radical (unpaired) electrons. The number of sulfonamides is 1. The maximum atomic E-state index is 12.6. The average molecular weight is 810 g/mol. The Hall–Kier alpha value is -3.76. The molecule has 2 aromatic carbocycles. The van der Waals surface area contributed by atoms with E-state index in [-0.39, 0.29) is 50.5 Å². The predicted molar refractivity (Wildman–Crippen MR) is 204 cm³/mol. The van der Waals surface area contributed by atoms with Gasteiger partial charge in [-0.2, -0.15) is 10.2 Å². The molecule has 0 saturated carbocycles. The Morgan fingerprint density at radius 1 is 0.589 bits per heavy atom. The second kappa shape index (κ2) is 27.8. The summed E-state index contributed by atoms with van der Waals surface area (Å²) in [6, 6.07) is 13.8. The highest BCUT2D eigenvalue weighted by molar-refractivity contribution is 7.89. The van der Waals surface area contributed by atoms with Gasteiger partial charge >= 0.3 is 0 Å². The molecule has 0 spiro atoms. The largest absolute Gasteiger partial charge is 0.379 e. The molecule has 0 bridgehead atoms. The van der Waals surface area contributed by atoms with Crippen molar-refractivity contribution >= 4 is 44.8 Å². The molecule has 0 unspecified atom stereocenters. The lowest BCUT2D eigenvalue weighted by Crippen LogP contribution is -2.36. The van der Waals surface area contributed by atoms with Crippen LogP contribution in [0.5, 0.6) is 0 Å². The van der Waals surface area contributed by atoms with Gasteiger partial charge in [-0.15, -0.1) is 0 Å². The quantitative estimate of drug-likeness (QED) is 0.0642. The number of azo groups is 1. The maximum Gasteiger partial charge on any atom is 0.240 e. The van der Waals surface area contributed by atoms with Crippen molar-refractivity contribution in [2.45, 2.75) is 24.2 Å². The van der Waals surface area contributed by atoms with Gasteiger partial charge in [0.2, 0.25) is 27.7 Å². The summed E-state index contributed by atoms with van der Waals surface area (Å²) < 4.78 is 71.1. The van der Waals surface area contributed by atoms with E-state index in [0.717, 1.165) is 5.69 Å². The van der Waals surface area contributed by atoms with E-state index >= 15 is 0 Å². The first-order chi connectivity index (χ1) is 27.2.